The molecular formula is C13H19FN2S. The van der Waals surface area contributed by atoms with Crippen LogP contribution in [0.1, 0.15) is 19.3 Å². The zero-order valence-electron chi connectivity index (χ0n) is 9.99. The number of hydrogen-bond donors (Lipinski definition) is 1. The van der Waals surface area contributed by atoms with E-state index in [1.165, 1.54) is 32.0 Å². The Bertz CT molecular complexity index is 364. The quantitative estimate of drug-likeness (QED) is 0.497. The number of benzene rings is 1. The van der Waals surface area contributed by atoms with Crippen molar-refractivity contribution in [1.82, 2.24) is 4.90 Å². The molecule has 94 valence electrons. The minimum absolute atomic E-state index is 0.198. The van der Waals surface area contributed by atoms with Crippen LogP contribution in [0.25, 0.3) is 0 Å². The fourth-order valence-electron chi connectivity index (χ4n) is 2.11. The zero-order valence-corrected chi connectivity index (χ0v) is 10.8. The fourth-order valence-corrected chi connectivity index (χ4v) is 2.97. The van der Waals surface area contributed by atoms with E-state index in [2.05, 4.69) is 4.90 Å². The monoisotopic (exact) mass is 254 g/mol. The molecule has 1 heterocycles. The summed E-state index contributed by atoms with van der Waals surface area (Å²) in [6.45, 7) is 3.62. The van der Waals surface area contributed by atoms with Crippen molar-refractivity contribution in [3.8, 4) is 0 Å². The van der Waals surface area contributed by atoms with Gasteiger partial charge in [-0.25, -0.2) is 4.39 Å². The van der Waals surface area contributed by atoms with E-state index in [9.17, 15) is 4.39 Å². The van der Waals surface area contributed by atoms with Crippen LogP contribution < -0.4 is 5.73 Å². The van der Waals surface area contributed by atoms with Crippen molar-refractivity contribution in [3.63, 3.8) is 0 Å². The average molecular weight is 254 g/mol. The number of anilines is 1. The molecule has 0 aromatic heterocycles. The Kier molecular flexibility index (Phi) is 4.68. The molecule has 0 aliphatic carbocycles. The maximum Gasteiger partial charge on any atom is 0.138 e. The van der Waals surface area contributed by atoms with Crippen LogP contribution in [0.2, 0.25) is 0 Å². The van der Waals surface area contributed by atoms with Crippen LogP contribution in [0, 0.1) is 5.82 Å². The van der Waals surface area contributed by atoms with Crippen LogP contribution in [0.5, 0.6) is 0 Å². The van der Waals surface area contributed by atoms with Crippen LogP contribution in [-0.2, 0) is 0 Å². The van der Waals surface area contributed by atoms with Gasteiger partial charge in [0.2, 0.25) is 0 Å². The van der Waals surface area contributed by atoms with Crippen LogP contribution in [-0.4, -0.2) is 30.3 Å². The van der Waals surface area contributed by atoms with Gasteiger partial charge in [0, 0.05) is 10.6 Å². The summed E-state index contributed by atoms with van der Waals surface area (Å²) < 4.78 is 13.5. The topological polar surface area (TPSA) is 29.3 Å². The van der Waals surface area contributed by atoms with Gasteiger partial charge in [0.1, 0.15) is 5.82 Å². The van der Waals surface area contributed by atoms with Gasteiger partial charge < -0.3 is 10.6 Å². The Hall–Kier alpha value is -0.740. The maximum absolute atomic E-state index is 13.5. The Morgan fingerprint density at radius 3 is 2.76 bits per heavy atom. The third kappa shape index (κ3) is 3.89. The van der Waals surface area contributed by atoms with E-state index in [1.807, 2.05) is 0 Å². The van der Waals surface area contributed by atoms with Gasteiger partial charge in [-0.3, -0.25) is 0 Å². The van der Waals surface area contributed by atoms with Crippen molar-refractivity contribution >= 4 is 17.4 Å². The normalized spacial score (nSPS) is 16.5. The molecule has 2 N–H and O–H groups in total. The molecule has 0 unspecified atom stereocenters. The van der Waals surface area contributed by atoms with Crippen molar-refractivity contribution in [3.05, 3.63) is 24.0 Å². The molecule has 0 atom stereocenters. The lowest BCUT2D eigenvalue weighted by molar-refractivity contribution is 0.341. The van der Waals surface area contributed by atoms with Crippen molar-refractivity contribution in [1.29, 1.82) is 0 Å². The average Bonchev–Trinajstić information content (AvgIpc) is 2.79. The van der Waals surface area contributed by atoms with Gasteiger partial charge >= 0.3 is 0 Å². The summed E-state index contributed by atoms with van der Waals surface area (Å²) in [6, 6.07) is 4.92. The lowest BCUT2D eigenvalue weighted by Crippen LogP contribution is -2.20. The molecule has 1 aliphatic rings. The molecular weight excluding hydrogens is 235 g/mol. The molecule has 1 saturated heterocycles. The minimum atomic E-state index is -0.198. The molecule has 1 aromatic rings. The highest BCUT2D eigenvalue weighted by Gasteiger charge is 2.10. The van der Waals surface area contributed by atoms with Gasteiger partial charge in [-0.1, -0.05) is 0 Å². The molecule has 1 aromatic carbocycles. The van der Waals surface area contributed by atoms with E-state index in [0.29, 0.717) is 10.6 Å². The van der Waals surface area contributed by atoms with Crippen LogP contribution >= 0.6 is 11.8 Å². The Labute approximate surface area is 106 Å². The summed E-state index contributed by atoms with van der Waals surface area (Å²) in [7, 11) is 0. The van der Waals surface area contributed by atoms with E-state index in [0.717, 1.165) is 18.7 Å². The van der Waals surface area contributed by atoms with Gasteiger partial charge in [0.25, 0.3) is 0 Å². The summed E-state index contributed by atoms with van der Waals surface area (Å²) >= 11 is 1.58. The van der Waals surface area contributed by atoms with Gasteiger partial charge in [0.05, 0.1) is 0 Å². The number of nitrogens with two attached hydrogens (primary N) is 1. The molecule has 2 rings (SSSR count). The molecule has 4 heteroatoms. The van der Waals surface area contributed by atoms with E-state index in [1.54, 1.807) is 23.9 Å². The van der Waals surface area contributed by atoms with E-state index >= 15 is 0 Å². The molecule has 0 bridgehead atoms. The molecule has 0 amide bonds. The minimum Gasteiger partial charge on any atom is -0.399 e. The first-order valence-electron chi connectivity index (χ1n) is 6.16. The van der Waals surface area contributed by atoms with Crippen molar-refractivity contribution in [2.24, 2.45) is 0 Å². The highest BCUT2D eigenvalue weighted by Crippen LogP contribution is 2.24. The SMILES string of the molecule is Nc1ccc(SCCCN2CCCC2)c(F)c1. The molecule has 17 heavy (non-hydrogen) atoms. The summed E-state index contributed by atoms with van der Waals surface area (Å²) in [5, 5.41) is 0. The lowest BCUT2D eigenvalue weighted by Gasteiger charge is -2.13. The molecule has 1 fully saturated rings. The predicted octanol–water partition coefficient (Wildman–Crippen LogP) is 2.99. The first kappa shape index (κ1) is 12.7. The smallest absolute Gasteiger partial charge is 0.138 e. The summed E-state index contributed by atoms with van der Waals surface area (Å²) in [5.41, 5.74) is 6.00. The molecule has 0 saturated carbocycles. The van der Waals surface area contributed by atoms with Crippen molar-refractivity contribution in [2.45, 2.75) is 24.2 Å². The summed E-state index contributed by atoms with van der Waals surface area (Å²) in [4.78, 5) is 3.19. The second kappa shape index (κ2) is 6.26. The highest BCUT2D eigenvalue weighted by atomic mass is 32.2. The first-order valence-corrected chi connectivity index (χ1v) is 7.14. The largest absolute Gasteiger partial charge is 0.399 e. The number of nitrogen functional groups attached to an aromatic ring is 1. The zero-order chi connectivity index (χ0) is 12.1. The standard InChI is InChI=1S/C13H19FN2S/c14-12-10-11(15)4-5-13(12)17-9-3-8-16-6-1-2-7-16/h4-5,10H,1-3,6-9,15H2. The Morgan fingerprint density at radius 1 is 1.29 bits per heavy atom. The number of thioether (sulfide) groups is 1. The highest BCUT2D eigenvalue weighted by molar-refractivity contribution is 7.99. The fraction of sp³-hybridized carbons (Fsp3) is 0.538. The molecule has 1 aliphatic heterocycles. The first-order chi connectivity index (χ1) is 8.25. The van der Waals surface area contributed by atoms with Gasteiger partial charge in [-0.05, 0) is 62.8 Å². The van der Waals surface area contributed by atoms with Gasteiger partial charge in [0.15, 0.2) is 0 Å². The van der Waals surface area contributed by atoms with E-state index < -0.39 is 0 Å². The number of rotatable bonds is 5. The van der Waals surface area contributed by atoms with Gasteiger partial charge in [-0.15, -0.1) is 11.8 Å². The molecule has 2 nitrogen and oxygen atoms in total. The summed E-state index contributed by atoms with van der Waals surface area (Å²) in [5.74, 6) is 0.772. The number of nitrogens with zero attached hydrogens (tertiary/aromatic N) is 1. The number of likely N-dealkylation sites (tertiary alicyclic amines) is 1. The Morgan fingerprint density at radius 2 is 2.06 bits per heavy atom. The summed E-state index contributed by atoms with van der Waals surface area (Å²) in [6.07, 6.45) is 3.79. The van der Waals surface area contributed by atoms with Gasteiger partial charge in [-0.2, -0.15) is 0 Å². The van der Waals surface area contributed by atoms with Crippen LogP contribution in [0.4, 0.5) is 10.1 Å². The van der Waals surface area contributed by atoms with E-state index in [4.69, 9.17) is 5.73 Å². The van der Waals surface area contributed by atoms with Crippen LogP contribution in [0.3, 0.4) is 0 Å². The Balaban J connectivity index is 1.70. The van der Waals surface area contributed by atoms with Crippen LogP contribution in [0.15, 0.2) is 23.1 Å². The second-order valence-electron chi connectivity index (χ2n) is 4.44. The second-order valence-corrected chi connectivity index (χ2v) is 5.58. The number of hydrogen-bond acceptors (Lipinski definition) is 3. The van der Waals surface area contributed by atoms with E-state index in [-0.39, 0.29) is 5.82 Å². The molecule has 0 radical (unpaired) electrons. The third-order valence-corrected chi connectivity index (χ3v) is 4.17. The third-order valence-electron chi connectivity index (χ3n) is 3.03. The predicted molar refractivity (Wildman–Crippen MR) is 71.8 cm³/mol. The number of halogens is 1. The van der Waals surface area contributed by atoms with Crippen molar-refractivity contribution < 1.29 is 4.39 Å². The maximum atomic E-state index is 13.5. The lowest BCUT2D eigenvalue weighted by atomic mass is 10.3. The van der Waals surface area contributed by atoms with Crippen molar-refractivity contribution in [2.75, 3.05) is 31.1 Å². The molecule has 0 spiro atoms.